The second-order valence-corrected chi connectivity index (χ2v) is 6.52. The first-order valence-electron chi connectivity index (χ1n) is 8.23. The van der Waals surface area contributed by atoms with E-state index in [1.165, 1.54) is 11.4 Å². The molecule has 1 saturated heterocycles. The third-order valence-electron chi connectivity index (χ3n) is 4.67. The van der Waals surface area contributed by atoms with Gasteiger partial charge in [0, 0.05) is 31.2 Å². The molecule has 0 saturated carbocycles. The largest absolute Gasteiger partial charge is 0.352 e. The van der Waals surface area contributed by atoms with E-state index in [1.807, 2.05) is 18.3 Å². The van der Waals surface area contributed by atoms with Crippen LogP contribution in [0.3, 0.4) is 0 Å². The fourth-order valence-corrected chi connectivity index (χ4v) is 3.56. The van der Waals surface area contributed by atoms with Gasteiger partial charge in [-0.3, -0.25) is 4.98 Å². The Morgan fingerprint density at radius 2 is 2.09 bits per heavy atom. The van der Waals surface area contributed by atoms with Crippen molar-refractivity contribution in [1.82, 2.24) is 19.8 Å². The molecule has 23 heavy (non-hydrogen) atoms. The number of thiocarbonyl (C=S) groups is 1. The molecular formula is C18H24N4S. The van der Waals surface area contributed by atoms with Gasteiger partial charge in [0.15, 0.2) is 5.11 Å². The molecule has 0 aromatic carbocycles. The predicted molar refractivity (Wildman–Crippen MR) is 97.2 cm³/mol. The molecule has 1 aliphatic heterocycles. The van der Waals surface area contributed by atoms with Crippen LogP contribution in [-0.4, -0.2) is 26.1 Å². The minimum atomic E-state index is 0.0913. The summed E-state index contributed by atoms with van der Waals surface area (Å²) in [5.74, 6) is 0. The number of aromatic nitrogens is 2. The molecule has 0 radical (unpaired) electrons. The van der Waals surface area contributed by atoms with E-state index in [2.05, 4.69) is 58.9 Å². The Kier molecular flexibility index (Phi) is 4.66. The van der Waals surface area contributed by atoms with Gasteiger partial charge in [0.2, 0.25) is 0 Å². The number of nitrogens with zero attached hydrogens (tertiary/aromatic N) is 3. The van der Waals surface area contributed by atoms with Gasteiger partial charge >= 0.3 is 0 Å². The molecule has 122 valence electrons. The van der Waals surface area contributed by atoms with Gasteiger partial charge in [-0.05, 0) is 49.8 Å². The van der Waals surface area contributed by atoms with Crippen LogP contribution in [-0.2, 0) is 7.05 Å². The molecule has 2 aromatic heterocycles. The number of pyridine rings is 1. The van der Waals surface area contributed by atoms with E-state index >= 15 is 0 Å². The molecule has 0 spiro atoms. The van der Waals surface area contributed by atoms with Crippen molar-refractivity contribution in [2.75, 3.05) is 6.54 Å². The maximum absolute atomic E-state index is 5.64. The Morgan fingerprint density at radius 3 is 2.70 bits per heavy atom. The Labute approximate surface area is 143 Å². The molecule has 3 heterocycles. The Balaban J connectivity index is 2.01. The fraction of sp³-hybridized carbons (Fsp3) is 0.444. The van der Waals surface area contributed by atoms with Crippen molar-refractivity contribution in [3.8, 4) is 0 Å². The molecule has 1 fully saturated rings. The number of rotatable bonds is 5. The minimum Gasteiger partial charge on any atom is -0.352 e. The summed E-state index contributed by atoms with van der Waals surface area (Å²) in [5, 5.41) is 4.33. The van der Waals surface area contributed by atoms with Gasteiger partial charge in [-0.1, -0.05) is 19.4 Å². The van der Waals surface area contributed by atoms with E-state index in [0.29, 0.717) is 0 Å². The molecule has 2 unspecified atom stereocenters. The molecule has 3 rings (SSSR count). The maximum atomic E-state index is 5.64. The molecule has 1 N–H and O–H groups in total. The van der Waals surface area contributed by atoms with Crippen molar-refractivity contribution in [2.24, 2.45) is 7.05 Å². The summed E-state index contributed by atoms with van der Waals surface area (Å²) in [6.07, 6.45) is 4.14. The van der Waals surface area contributed by atoms with Crippen LogP contribution in [0.15, 0.2) is 36.5 Å². The van der Waals surface area contributed by atoms with Gasteiger partial charge in [-0.15, -0.1) is 0 Å². The highest BCUT2D eigenvalue weighted by atomic mass is 32.1. The van der Waals surface area contributed by atoms with Gasteiger partial charge < -0.3 is 14.8 Å². The number of hydrogen-bond donors (Lipinski definition) is 1. The third-order valence-corrected chi connectivity index (χ3v) is 5.02. The average Bonchev–Trinajstić information content (AvgIpc) is 3.06. The van der Waals surface area contributed by atoms with Crippen molar-refractivity contribution in [3.05, 3.63) is 53.6 Å². The lowest BCUT2D eigenvalue weighted by atomic mass is 10.0. The van der Waals surface area contributed by atoms with Crippen molar-refractivity contribution in [2.45, 2.75) is 38.8 Å². The van der Waals surface area contributed by atoms with E-state index in [1.54, 1.807) is 0 Å². The average molecular weight is 328 g/mol. The second-order valence-electron chi connectivity index (χ2n) is 6.13. The van der Waals surface area contributed by atoms with Crippen LogP contribution >= 0.6 is 12.2 Å². The van der Waals surface area contributed by atoms with Crippen molar-refractivity contribution in [3.63, 3.8) is 0 Å². The monoisotopic (exact) mass is 328 g/mol. The summed E-state index contributed by atoms with van der Waals surface area (Å²) in [6.45, 7) is 5.32. The Bertz CT molecular complexity index is 680. The van der Waals surface area contributed by atoms with Gasteiger partial charge in [0.1, 0.15) is 0 Å². The Morgan fingerprint density at radius 1 is 1.26 bits per heavy atom. The summed E-state index contributed by atoms with van der Waals surface area (Å²) >= 11 is 5.64. The molecule has 0 aliphatic carbocycles. The molecule has 1 aliphatic rings. The number of nitrogens with one attached hydrogen (secondary N) is 1. The van der Waals surface area contributed by atoms with Gasteiger partial charge in [0.25, 0.3) is 0 Å². The van der Waals surface area contributed by atoms with Gasteiger partial charge in [-0.2, -0.15) is 0 Å². The predicted octanol–water partition coefficient (Wildman–Crippen LogP) is 3.50. The normalized spacial score (nSPS) is 20.8. The highest BCUT2D eigenvalue weighted by Gasteiger charge is 2.40. The quantitative estimate of drug-likeness (QED) is 0.852. The maximum Gasteiger partial charge on any atom is 0.170 e. The lowest BCUT2D eigenvalue weighted by molar-refractivity contribution is 0.301. The van der Waals surface area contributed by atoms with E-state index in [0.717, 1.165) is 30.2 Å². The van der Waals surface area contributed by atoms with Crippen molar-refractivity contribution >= 4 is 17.3 Å². The topological polar surface area (TPSA) is 33.1 Å². The summed E-state index contributed by atoms with van der Waals surface area (Å²) in [4.78, 5) is 6.89. The van der Waals surface area contributed by atoms with Crippen LogP contribution in [0.2, 0.25) is 0 Å². The van der Waals surface area contributed by atoms with Gasteiger partial charge in [-0.25, -0.2) is 0 Å². The molecule has 2 aromatic rings. The van der Waals surface area contributed by atoms with E-state index in [4.69, 9.17) is 12.2 Å². The highest BCUT2D eigenvalue weighted by Crippen LogP contribution is 2.38. The smallest absolute Gasteiger partial charge is 0.170 e. The summed E-state index contributed by atoms with van der Waals surface area (Å²) < 4.78 is 2.26. The first kappa shape index (κ1) is 16.0. The van der Waals surface area contributed by atoms with Crippen molar-refractivity contribution < 1.29 is 0 Å². The first-order chi connectivity index (χ1) is 11.1. The van der Waals surface area contributed by atoms with E-state index in [9.17, 15) is 0 Å². The zero-order valence-corrected chi connectivity index (χ0v) is 14.8. The molecular weight excluding hydrogens is 304 g/mol. The third kappa shape index (κ3) is 2.98. The molecule has 0 amide bonds. The molecule has 5 heteroatoms. The fourth-order valence-electron chi connectivity index (χ4n) is 3.23. The number of hydrogen-bond acceptors (Lipinski definition) is 2. The van der Waals surface area contributed by atoms with Crippen LogP contribution in [0, 0.1) is 6.92 Å². The molecule has 2 atom stereocenters. The summed E-state index contributed by atoms with van der Waals surface area (Å²) in [7, 11) is 2.12. The van der Waals surface area contributed by atoms with Crippen LogP contribution in [0.25, 0.3) is 0 Å². The zero-order valence-electron chi connectivity index (χ0n) is 14.0. The summed E-state index contributed by atoms with van der Waals surface area (Å²) in [6, 6.07) is 10.7. The lowest BCUT2D eigenvalue weighted by Gasteiger charge is -2.28. The second kappa shape index (κ2) is 6.71. The highest BCUT2D eigenvalue weighted by molar-refractivity contribution is 7.80. The molecule has 4 nitrogen and oxygen atoms in total. The Hall–Kier alpha value is -1.88. The zero-order chi connectivity index (χ0) is 16.4. The van der Waals surface area contributed by atoms with Crippen LogP contribution in [0.4, 0.5) is 0 Å². The van der Waals surface area contributed by atoms with Crippen molar-refractivity contribution in [1.29, 1.82) is 0 Å². The standard InChI is InChI=1S/C18H24N4S/c1-4-5-12-22-17(15-10-9-13(2)21(15)3)16(20-18(22)23)14-8-6-7-11-19-14/h6-11,16-17H,4-5,12H2,1-3H3,(H,20,23). The van der Waals surface area contributed by atoms with Crippen LogP contribution < -0.4 is 5.32 Å². The van der Waals surface area contributed by atoms with E-state index in [-0.39, 0.29) is 12.1 Å². The molecule has 0 bridgehead atoms. The van der Waals surface area contributed by atoms with Crippen LogP contribution in [0.1, 0.15) is 48.9 Å². The lowest BCUT2D eigenvalue weighted by Crippen LogP contribution is -2.31. The SMILES string of the molecule is CCCCN1C(=S)NC(c2ccccn2)C1c1ccc(C)n1C. The first-order valence-corrected chi connectivity index (χ1v) is 8.64. The van der Waals surface area contributed by atoms with Crippen LogP contribution in [0.5, 0.6) is 0 Å². The number of unbranched alkanes of at least 4 members (excludes halogenated alkanes) is 1. The number of aryl methyl sites for hydroxylation is 1. The minimum absolute atomic E-state index is 0.0913. The van der Waals surface area contributed by atoms with E-state index < -0.39 is 0 Å². The summed E-state index contributed by atoms with van der Waals surface area (Å²) in [5.41, 5.74) is 3.58. The van der Waals surface area contributed by atoms with Gasteiger partial charge in [0.05, 0.1) is 17.8 Å².